The zero-order chi connectivity index (χ0) is 17.6. The number of nitrogens with zero attached hydrogens (tertiary/aromatic N) is 1. The first-order valence-corrected chi connectivity index (χ1v) is 8.14. The van der Waals surface area contributed by atoms with Gasteiger partial charge in [0.1, 0.15) is 5.82 Å². The SMILES string of the molecule is CC(=O)NC(CC(=O)NCc1nc2ccccc2[nH]1)c1ccccc1. The lowest BCUT2D eigenvalue weighted by Crippen LogP contribution is -2.32. The van der Waals surface area contributed by atoms with E-state index in [0.717, 1.165) is 16.6 Å². The van der Waals surface area contributed by atoms with Crippen molar-refractivity contribution in [1.82, 2.24) is 20.6 Å². The van der Waals surface area contributed by atoms with Gasteiger partial charge in [-0.05, 0) is 17.7 Å². The van der Waals surface area contributed by atoms with Crippen LogP contribution in [0.4, 0.5) is 0 Å². The maximum atomic E-state index is 12.3. The van der Waals surface area contributed by atoms with Gasteiger partial charge in [0.15, 0.2) is 0 Å². The molecule has 0 saturated carbocycles. The molecule has 1 atom stereocenters. The molecule has 0 radical (unpaired) electrons. The predicted molar refractivity (Wildman–Crippen MR) is 95.6 cm³/mol. The number of aromatic nitrogens is 2. The monoisotopic (exact) mass is 336 g/mol. The molecule has 0 spiro atoms. The quantitative estimate of drug-likeness (QED) is 0.646. The summed E-state index contributed by atoms with van der Waals surface area (Å²) in [5, 5.41) is 5.67. The van der Waals surface area contributed by atoms with Gasteiger partial charge in [0, 0.05) is 6.92 Å². The molecule has 0 aliphatic rings. The summed E-state index contributed by atoms with van der Waals surface area (Å²) in [6.07, 6.45) is 0.170. The lowest BCUT2D eigenvalue weighted by Gasteiger charge is -2.17. The number of carbonyl (C=O) groups is 2. The smallest absolute Gasteiger partial charge is 0.222 e. The van der Waals surface area contributed by atoms with Gasteiger partial charge >= 0.3 is 0 Å². The minimum Gasteiger partial charge on any atom is -0.349 e. The zero-order valence-corrected chi connectivity index (χ0v) is 14.0. The fourth-order valence-electron chi connectivity index (χ4n) is 2.71. The standard InChI is InChI=1S/C19H20N4O2/c1-13(24)21-17(14-7-3-2-4-8-14)11-19(25)20-12-18-22-15-9-5-6-10-16(15)23-18/h2-10,17H,11-12H2,1H3,(H,20,25)(H,21,24)(H,22,23). The number of rotatable bonds is 6. The summed E-state index contributed by atoms with van der Waals surface area (Å²) in [6.45, 7) is 1.76. The van der Waals surface area contributed by atoms with Gasteiger partial charge in [-0.15, -0.1) is 0 Å². The Morgan fingerprint density at radius 2 is 1.80 bits per heavy atom. The van der Waals surface area contributed by atoms with Gasteiger partial charge in [0.25, 0.3) is 0 Å². The Kier molecular flexibility index (Phi) is 5.09. The van der Waals surface area contributed by atoms with Crippen LogP contribution in [0.15, 0.2) is 54.6 Å². The average Bonchev–Trinajstić information content (AvgIpc) is 3.03. The second-order valence-electron chi connectivity index (χ2n) is 5.85. The summed E-state index contributed by atoms with van der Waals surface area (Å²) >= 11 is 0. The molecule has 2 aromatic carbocycles. The number of nitrogens with one attached hydrogen (secondary N) is 3. The second-order valence-corrected chi connectivity index (χ2v) is 5.85. The number of carbonyl (C=O) groups excluding carboxylic acids is 2. The fraction of sp³-hybridized carbons (Fsp3) is 0.211. The molecule has 0 aliphatic heterocycles. The van der Waals surface area contributed by atoms with Gasteiger partial charge in [0.05, 0.1) is 30.0 Å². The van der Waals surface area contributed by atoms with Crippen LogP contribution in [0.3, 0.4) is 0 Å². The molecule has 2 amide bonds. The van der Waals surface area contributed by atoms with E-state index < -0.39 is 0 Å². The zero-order valence-electron chi connectivity index (χ0n) is 14.0. The number of hydrogen-bond donors (Lipinski definition) is 3. The number of para-hydroxylation sites is 2. The number of aromatic amines is 1. The normalized spacial score (nSPS) is 11.9. The molecular weight excluding hydrogens is 316 g/mol. The summed E-state index contributed by atoms with van der Waals surface area (Å²) in [5.74, 6) is 0.382. The molecule has 1 unspecified atom stereocenters. The Balaban J connectivity index is 1.62. The van der Waals surface area contributed by atoms with Crippen LogP contribution in [-0.4, -0.2) is 21.8 Å². The first-order valence-electron chi connectivity index (χ1n) is 8.14. The molecule has 1 aromatic heterocycles. The molecular formula is C19H20N4O2. The molecule has 6 heteroatoms. The van der Waals surface area contributed by atoms with E-state index in [1.807, 2.05) is 54.6 Å². The van der Waals surface area contributed by atoms with E-state index >= 15 is 0 Å². The van der Waals surface area contributed by atoms with Crippen molar-refractivity contribution in [3.05, 3.63) is 66.0 Å². The van der Waals surface area contributed by atoms with Crippen molar-refractivity contribution in [2.45, 2.75) is 25.9 Å². The van der Waals surface area contributed by atoms with Crippen molar-refractivity contribution in [1.29, 1.82) is 0 Å². The third-order valence-electron chi connectivity index (χ3n) is 3.86. The van der Waals surface area contributed by atoms with Gasteiger partial charge in [0.2, 0.25) is 11.8 Å². The molecule has 1 heterocycles. The Morgan fingerprint density at radius 1 is 1.08 bits per heavy atom. The number of H-pyrrole nitrogens is 1. The van der Waals surface area contributed by atoms with Crippen LogP contribution in [0.25, 0.3) is 11.0 Å². The van der Waals surface area contributed by atoms with E-state index in [9.17, 15) is 9.59 Å². The first kappa shape index (κ1) is 16.7. The highest BCUT2D eigenvalue weighted by atomic mass is 16.2. The average molecular weight is 336 g/mol. The molecule has 25 heavy (non-hydrogen) atoms. The summed E-state index contributed by atoms with van der Waals surface area (Å²) < 4.78 is 0. The minimum atomic E-state index is -0.352. The summed E-state index contributed by atoms with van der Waals surface area (Å²) in [5.41, 5.74) is 2.70. The first-order chi connectivity index (χ1) is 12.1. The topological polar surface area (TPSA) is 86.9 Å². The molecule has 0 aliphatic carbocycles. The lowest BCUT2D eigenvalue weighted by molar-refractivity contribution is -0.123. The third-order valence-corrected chi connectivity index (χ3v) is 3.86. The maximum Gasteiger partial charge on any atom is 0.222 e. The van der Waals surface area contributed by atoms with Crippen molar-refractivity contribution in [2.75, 3.05) is 0 Å². The highest BCUT2D eigenvalue weighted by Gasteiger charge is 2.17. The van der Waals surface area contributed by atoms with E-state index in [1.54, 1.807) is 0 Å². The van der Waals surface area contributed by atoms with Crippen molar-refractivity contribution in [3.8, 4) is 0 Å². The largest absolute Gasteiger partial charge is 0.349 e. The molecule has 6 nitrogen and oxygen atoms in total. The van der Waals surface area contributed by atoms with Gasteiger partial charge in [-0.3, -0.25) is 9.59 Å². The summed E-state index contributed by atoms with van der Waals surface area (Å²) in [6, 6.07) is 16.8. The van der Waals surface area contributed by atoms with Crippen LogP contribution in [0, 0.1) is 0 Å². The third kappa shape index (κ3) is 4.44. The van der Waals surface area contributed by atoms with Crippen LogP contribution < -0.4 is 10.6 Å². The second kappa shape index (κ2) is 7.61. The molecule has 128 valence electrons. The van der Waals surface area contributed by atoms with E-state index in [2.05, 4.69) is 20.6 Å². The van der Waals surface area contributed by atoms with Gasteiger partial charge in [-0.1, -0.05) is 42.5 Å². The Labute approximate surface area is 145 Å². The highest BCUT2D eigenvalue weighted by Crippen LogP contribution is 2.16. The Bertz CT molecular complexity index is 840. The molecule has 3 N–H and O–H groups in total. The Hall–Kier alpha value is -3.15. The predicted octanol–water partition coefficient (Wildman–Crippen LogP) is 2.45. The maximum absolute atomic E-state index is 12.3. The van der Waals surface area contributed by atoms with Crippen LogP contribution in [0.5, 0.6) is 0 Å². The van der Waals surface area contributed by atoms with Crippen LogP contribution >= 0.6 is 0 Å². The number of imidazole rings is 1. The highest BCUT2D eigenvalue weighted by molar-refractivity contribution is 5.79. The Morgan fingerprint density at radius 3 is 2.52 bits per heavy atom. The number of hydrogen-bond acceptors (Lipinski definition) is 3. The van der Waals surface area contributed by atoms with Crippen molar-refractivity contribution < 1.29 is 9.59 Å². The molecule has 0 fully saturated rings. The summed E-state index contributed by atoms with van der Waals surface area (Å²) in [7, 11) is 0. The molecule has 3 rings (SSSR count). The van der Waals surface area contributed by atoms with Crippen LogP contribution in [0.2, 0.25) is 0 Å². The van der Waals surface area contributed by atoms with Gasteiger partial charge in [-0.25, -0.2) is 4.98 Å². The van der Waals surface area contributed by atoms with Crippen molar-refractivity contribution in [3.63, 3.8) is 0 Å². The van der Waals surface area contributed by atoms with Crippen LogP contribution in [-0.2, 0) is 16.1 Å². The van der Waals surface area contributed by atoms with Crippen LogP contribution in [0.1, 0.15) is 30.8 Å². The fourth-order valence-corrected chi connectivity index (χ4v) is 2.71. The molecule has 3 aromatic rings. The minimum absolute atomic E-state index is 0.150. The lowest BCUT2D eigenvalue weighted by atomic mass is 10.0. The van der Waals surface area contributed by atoms with E-state index in [0.29, 0.717) is 12.4 Å². The van der Waals surface area contributed by atoms with Crippen molar-refractivity contribution in [2.24, 2.45) is 0 Å². The van der Waals surface area contributed by atoms with E-state index in [-0.39, 0.29) is 24.3 Å². The number of amides is 2. The van der Waals surface area contributed by atoms with Crippen molar-refractivity contribution >= 4 is 22.8 Å². The number of fused-ring (bicyclic) bond motifs is 1. The molecule has 0 bridgehead atoms. The summed E-state index contributed by atoms with van der Waals surface area (Å²) in [4.78, 5) is 31.3. The van der Waals surface area contributed by atoms with Gasteiger partial charge < -0.3 is 15.6 Å². The molecule has 0 saturated heterocycles. The van der Waals surface area contributed by atoms with E-state index in [4.69, 9.17) is 0 Å². The van der Waals surface area contributed by atoms with E-state index in [1.165, 1.54) is 6.92 Å². The van der Waals surface area contributed by atoms with Gasteiger partial charge in [-0.2, -0.15) is 0 Å². The number of benzene rings is 2.